The lowest BCUT2D eigenvalue weighted by Gasteiger charge is -2.22. The Hall–Kier alpha value is -0.620. The van der Waals surface area contributed by atoms with Crippen LogP contribution in [0.5, 0.6) is 0 Å². The van der Waals surface area contributed by atoms with Gasteiger partial charge in [0.25, 0.3) is 5.91 Å². The molecule has 1 aliphatic heterocycles. The highest BCUT2D eigenvalue weighted by Gasteiger charge is 2.14. The van der Waals surface area contributed by atoms with Crippen LogP contribution in [-0.4, -0.2) is 25.5 Å². The second-order valence-electron chi connectivity index (χ2n) is 4.41. The number of halogens is 1. The van der Waals surface area contributed by atoms with Gasteiger partial charge in [-0.2, -0.15) is 0 Å². The zero-order valence-electron chi connectivity index (χ0n) is 9.71. The predicted molar refractivity (Wildman–Crippen MR) is 77.1 cm³/mol. The van der Waals surface area contributed by atoms with Crippen molar-refractivity contribution in [2.45, 2.75) is 12.8 Å². The van der Waals surface area contributed by atoms with Crippen LogP contribution in [0.2, 0.25) is 0 Å². The second-order valence-corrected chi connectivity index (χ2v) is 5.66. The van der Waals surface area contributed by atoms with Gasteiger partial charge in [-0.3, -0.25) is 4.79 Å². The van der Waals surface area contributed by atoms with E-state index in [0.29, 0.717) is 5.92 Å². The van der Waals surface area contributed by atoms with Gasteiger partial charge >= 0.3 is 0 Å². The molecule has 0 bridgehead atoms. The lowest BCUT2D eigenvalue weighted by atomic mass is 9.98. The van der Waals surface area contributed by atoms with Crippen molar-refractivity contribution in [1.82, 2.24) is 10.6 Å². The van der Waals surface area contributed by atoms with E-state index in [1.165, 1.54) is 0 Å². The first-order chi connectivity index (χ1) is 8.25. The molecular weight excluding hydrogens is 327 g/mol. The predicted octanol–water partition coefficient (Wildman–Crippen LogP) is 2.02. The highest BCUT2D eigenvalue weighted by atomic mass is 127. The first-order valence-electron chi connectivity index (χ1n) is 6.00. The minimum absolute atomic E-state index is 0.0416. The Balaban J connectivity index is 1.82. The lowest BCUT2D eigenvalue weighted by molar-refractivity contribution is 0.0944. The summed E-state index contributed by atoms with van der Waals surface area (Å²) in [4.78, 5) is 11.9. The summed E-state index contributed by atoms with van der Waals surface area (Å²) in [7, 11) is 0. The highest BCUT2D eigenvalue weighted by molar-refractivity contribution is 14.1. The average molecular weight is 344 g/mol. The van der Waals surface area contributed by atoms with E-state index < -0.39 is 0 Å². The molecule has 2 rings (SSSR count). The van der Waals surface area contributed by atoms with E-state index in [0.717, 1.165) is 41.6 Å². The Morgan fingerprint density at radius 3 is 2.59 bits per heavy atom. The summed E-state index contributed by atoms with van der Waals surface area (Å²) in [5.74, 6) is 0.670. The smallest absolute Gasteiger partial charge is 0.251 e. The van der Waals surface area contributed by atoms with Gasteiger partial charge < -0.3 is 10.6 Å². The Morgan fingerprint density at radius 2 is 1.94 bits per heavy atom. The summed E-state index contributed by atoms with van der Waals surface area (Å²) in [6, 6.07) is 7.67. The van der Waals surface area contributed by atoms with Crippen LogP contribution in [-0.2, 0) is 0 Å². The molecule has 0 radical (unpaired) electrons. The molecule has 0 aliphatic carbocycles. The van der Waals surface area contributed by atoms with E-state index in [9.17, 15) is 4.79 Å². The topological polar surface area (TPSA) is 41.1 Å². The number of hydrogen-bond acceptors (Lipinski definition) is 2. The highest BCUT2D eigenvalue weighted by Crippen LogP contribution is 2.11. The molecule has 2 N–H and O–H groups in total. The Morgan fingerprint density at radius 1 is 1.29 bits per heavy atom. The average Bonchev–Trinajstić information content (AvgIpc) is 2.38. The number of nitrogens with one attached hydrogen (secondary N) is 2. The number of carbonyl (C=O) groups excluding carboxylic acids is 1. The number of benzene rings is 1. The van der Waals surface area contributed by atoms with Crippen molar-refractivity contribution in [1.29, 1.82) is 0 Å². The van der Waals surface area contributed by atoms with Crippen molar-refractivity contribution in [2.75, 3.05) is 19.6 Å². The molecule has 1 fully saturated rings. The summed E-state index contributed by atoms with van der Waals surface area (Å²) in [5.41, 5.74) is 0.749. The molecule has 0 aromatic heterocycles. The number of hydrogen-bond donors (Lipinski definition) is 2. The minimum Gasteiger partial charge on any atom is -0.352 e. The zero-order chi connectivity index (χ0) is 12.1. The van der Waals surface area contributed by atoms with E-state index >= 15 is 0 Å². The second kappa shape index (κ2) is 6.35. The van der Waals surface area contributed by atoms with E-state index in [2.05, 4.69) is 33.2 Å². The fourth-order valence-electron chi connectivity index (χ4n) is 2.03. The van der Waals surface area contributed by atoms with Crippen molar-refractivity contribution in [3.8, 4) is 0 Å². The Kier molecular flexibility index (Phi) is 4.79. The van der Waals surface area contributed by atoms with Crippen LogP contribution in [0.25, 0.3) is 0 Å². The first-order valence-corrected chi connectivity index (χ1v) is 7.08. The molecule has 3 nitrogen and oxygen atoms in total. The van der Waals surface area contributed by atoms with E-state index in [4.69, 9.17) is 0 Å². The summed E-state index contributed by atoms with van der Waals surface area (Å²) in [6.45, 7) is 2.95. The molecule has 1 aliphatic rings. The number of carbonyl (C=O) groups is 1. The van der Waals surface area contributed by atoms with Crippen LogP contribution in [0, 0.1) is 9.49 Å². The SMILES string of the molecule is O=C(NCC1CCNCC1)c1ccc(I)cc1. The van der Waals surface area contributed by atoms with Gasteiger partial charge in [0.1, 0.15) is 0 Å². The fraction of sp³-hybridized carbons (Fsp3) is 0.462. The fourth-order valence-corrected chi connectivity index (χ4v) is 2.39. The zero-order valence-corrected chi connectivity index (χ0v) is 11.9. The summed E-state index contributed by atoms with van der Waals surface area (Å²) in [5, 5.41) is 6.35. The quantitative estimate of drug-likeness (QED) is 0.824. The standard InChI is InChI=1S/C13H17IN2O/c14-12-3-1-11(2-4-12)13(17)16-9-10-5-7-15-8-6-10/h1-4,10,15H,5-9H2,(H,16,17). The van der Waals surface area contributed by atoms with Crippen molar-refractivity contribution in [3.63, 3.8) is 0 Å². The molecule has 17 heavy (non-hydrogen) atoms. The molecule has 0 atom stereocenters. The van der Waals surface area contributed by atoms with E-state index in [1.54, 1.807) is 0 Å². The van der Waals surface area contributed by atoms with Gasteiger partial charge in [0, 0.05) is 15.7 Å². The van der Waals surface area contributed by atoms with E-state index in [1.807, 2.05) is 24.3 Å². The molecule has 0 unspecified atom stereocenters. The Labute approximate surface area is 116 Å². The molecule has 4 heteroatoms. The maximum absolute atomic E-state index is 11.9. The van der Waals surface area contributed by atoms with E-state index in [-0.39, 0.29) is 5.91 Å². The summed E-state index contributed by atoms with van der Waals surface area (Å²) in [6.07, 6.45) is 2.32. The van der Waals surface area contributed by atoms with Gasteiger partial charge in [-0.25, -0.2) is 0 Å². The van der Waals surface area contributed by atoms with Gasteiger partial charge in [0.2, 0.25) is 0 Å². The van der Waals surface area contributed by atoms with Crippen LogP contribution in [0.4, 0.5) is 0 Å². The summed E-state index contributed by atoms with van der Waals surface area (Å²) < 4.78 is 1.15. The van der Waals surface area contributed by atoms with Crippen molar-refractivity contribution in [2.24, 2.45) is 5.92 Å². The molecule has 1 saturated heterocycles. The van der Waals surface area contributed by atoms with Crippen LogP contribution >= 0.6 is 22.6 Å². The molecule has 0 spiro atoms. The van der Waals surface area contributed by atoms with Gasteiger partial charge in [-0.1, -0.05) is 0 Å². The molecule has 1 aromatic carbocycles. The number of amides is 1. The van der Waals surface area contributed by atoms with Crippen LogP contribution < -0.4 is 10.6 Å². The van der Waals surface area contributed by atoms with Crippen LogP contribution in [0.1, 0.15) is 23.2 Å². The van der Waals surface area contributed by atoms with Gasteiger partial charge in [-0.05, 0) is 78.7 Å². The normalized spacial score (nSPS) is 16.8. The third-order valence-electron chi connectivity index (χ3n) is 3.12. The third-order valence-corrected chi connectivity index (χ3v) is 3.84. The van der Waals surface area contributed by atoms with Gasteiger partial charge in [-0.15, -0.1) is 0 Å². The van der Waals surface area contributed by atoms with Gasteiger partial charge in [0.05, 0.1) is 0 Å². The molecule has 0 saturated carbocycles. The molecule has 1 heterocycles. The van der Waals surface area contributed by atoms with Crippen molar-refractivity contribution >= 4 is 28.5 Å². The number of piperidine rings is 1. The Bertz CT molecular complexity index is 372. The first kappa shape index (κ1) is 12.8. The molecular formula is C13H17IN2O. The minimum atomic E-state index is 0.0416. The van der Waals surface area contributed by atoms with Crippen molar-refractivity contribution in [3.05, 3.63) is 33.4 Å². The monoisotopic (exact) mass is 344 g/mol. The summed E-state index contributed by atoms with van der Waals surface area (Å²) >= 11 is 2.24. The molecule has 92 valence electrons. The molecule has 1 amide bonds. The van der Waals surface area contributed by atoms with Crippen LogP contribution in [0.3, 0.4) is 0 Å². The number of rotatable bonds is 3. The van der Waals surface area contributed by atoms with Gasteiger partial charge in [0.15, 0.2) is 0 Å². The molecule has 1 aromatic rings. The maximum atomic E-state index is 11.9. The van der Waals surface area contributed by atoms with Crippen LogP contribution in [0.15, 0.2) is 24.3 Å². The third kappa shape index (κ3) is 3.96. The lowest BCUT2D eigenvalue weighted by Crippen LogP contribution is -2.35. The van der Waals surface area contributed by atoms with Crippen molar-refractivity contribution < 1.29 is 4.79 Å². The largest absolute Gasteiger partial charge is 0.352 e. The maximum Gasteiger partial charge on any atom is 0.251 e.